The van der Waals surface area contributed by atoms with Crippen LogP contribution in [0.4, 0.5) is 14.5 Å². The summed E-state index contributed by atoms with van der Waals surface area (Å²) in [7, 11) is 1.52. The van der Waals surface area contributed by atoms with Crippen LogP contribution in [0, 0.1) is 18.6 Å². The zero-order valence-corrected chi connectivity index (χ0v) is 11.9. The molecular formula is C15H14ClF2NO. The molecule has 2 aromatic rings. The van der Waals surface area contributed by atoms with Gasteiger partial charge in [-0.1, -0.05) is 11.6 Å². The van der Waals surface area contributed by atoms with Gasteiger partial charge in [-0.15, -0.1) is 0 Å². The number of benzene rings is 2. The molecule has 0 amide bonds. The van der Waals surface area contributed by atoms with Gasteiger partial charge in [0.15, 0.2) is 0 Å². The molecule has 2 rings (SSSR count). The van der Waals surface area contributed by atoms with Gasteiger partial charge in [-0.05, 0) is 36.8 Å². The normalized spacial score (nSPS) is 10.4. The fourth-order valence-electron chi connectivity index (χ4n) is 1.84. The summed E-state index contributed by atoms with van der Waals surface area (Å²) < 4.78 is 31.8. The molecule has 0 radical (unpaired) electrons. The molecule has 0 unspecified atom stereocenters. The maximum atomic E-state index is 13.5. The van der Waals surface area contributed by atoms with Gasteiger partial charge in [0.2, 0.25) is 0 Å². The van der Waals surface area contributed by atoms with Gasteiger partial charge in [-0.2, -0.15) is 0 Å². The number of hydrogen-bond acceptors (Lipinski definition) is 2. The van der Waals surface area contributed by atoms with E-state index in [-0.39, 0.29) is 12.1 Å². The predicted octanol–water partition coefficient (Wildman–Crippen LogP) is 4.55. The average molecular weight is 298 g/mol. The Morgan fingerprint density at radius 2 is 1.95 bits per heavy atom. The van der Waals surface area contributed by atoms with Crippen LogP contribution in [0.5, 0.6) is 5.75 Å². The smallest absolute Gasteiger partial charge is 0.143 e. The van der Waals surface area contributed by atoms with Gasteiger partial charge in [0.05, 0.1) is 12.8 Å². The van der Waals surface area contributed by atoms with Crippen molar-refractivity contribution in [1.82, 2.24) is 0 Å². The molecule has 0 saturated carbocycles. The van der Waals surface area contributed by atoms with E-state index in [2.05, 4.69) is 5.32 Å². The number of ether oxygens (including phenoxy) is 1. The number of halogens is 3. The molecule has 0 fully saturated rings. The van der Waals surface area contributed by atoms with Crippen molar-refractivity contribution < 1.29 is 13.5 Å². The fourth-order valence-corrected chi connectivity index (χ4v) is 1.99. The third kappa shape index (κ3) is 3.20. The molecule has 1 N–H and O–H groups in total. The monoisotopic (exact) mass is 297 g/mol. The molecule has 0 spiro atoms. The fraction of sp³-hybridized carbons (Fsp3) is 0.200. The van der Waals surface area contributed by atoms with Gasteiger partial charge in [-0.25, -0.2) is 8.78 Å². The molecular weight excluding hydrogens is 284 g/mol. The Bertz CT molecular complexity index is 632. The Labute approximate surface area is 121 Å². The van der Waals surface area contributed by atoms with Crippen LogP contribution in [0.2, 0.25) is 5.02 Å². The molecule has 0 aliphatic rings. The van der Waals surface area contributed by atoms with Gasteiger partial charge in [-0.3, -0.25) is 0 Å². The number of nitrogens with one attached hydrogen (secondary N) is 1. The third-order valence-corrected chi connectivity index (χ3v) is 3.37. The summed E-state index contributed by atoms with van der Waals surface area (Å²) in [6.07, 6.45) is 0. The van der Waals surface area contributed by atoms with E-state index >= 15 is 0 Å². The molecule has 0 heterocycles. The molecule has 0 aliphatic carbocycles. The molecule has 106 valence electrons. The van der Waals surface area contributed by atoms with Crippen LogP contribution in [-0.4, -0.2) is 7.11 Å². The maximum Gasteiger partial charge on any atom is 0.143 e. The summed E-state index contributed by atoms with van der Waals surface area (Å²) in [5.74, 6) is -0.372. The highest BCUT2D eigenvalue weighted by atomic mass is 35.5. The van der Waals surface area contributed by atoms with Crippen molar-refractivity contribution in [2.75, 3.05) is 12.4 Å². The van der Waals surface area contributed by atoms with Crippen molar-refractivity contribution in [3.05, 3.63) is 58.1 Å². The van der Waals surface area contributed by atoms with Crippen LogP contribution in [0.1, 0.15) is 11.1 Å². The van der Waals surface area contributed by atoms with Gasteiger partial charge < -0.3 is 10.1 Å². The van der Waals surface area contributed by atoms with E-state index in [1.54, 1.807) is 12.1 Å². The van der Waals surface area contributed by atoms with Crippen LogP contribution in [0.15, 0.2) is 30.3 Å². The second kappa shape index (κ2) is 6.09. The number of hydrogen-bond donors (Lipinski definition) is 1. The van der Waals surface area contributed by atoms with Gasteiger partial charge in [0.1, 0.15) is 17.4 Å². The van der Waals surface area contributed by atoms with Crippen LogP contribution in [-0.2, 0) is 6.54 Å². The highest BCUT2D eigenvalue weighted by Crippen LogP contribution is 2.31. The lowest BCUT2D eigenvalue weighted by atomic mass is 10.1. The summed E-state index contributed by atoms with van der Waals surface area (Å²) >= 11 is 6.01. The summed E-state index contributed by atoms with van der Waals surface area (Å²) in [6.45, 7) is 2.01. The molecule has 0 saturated heterocycles. The second-order valence-corrected chi connectivity index (χ2v) is 4.80. The standard InChI is InChI=1S/C15H14ClF2NO/c1-9-5-14(15(20-2)7-12(9)16)19-8-10-6-11(17)3-4-13(10)18/h3-7,19H,8H2,1-2H3. The van der Waals surface area contributed by atoms with Crippen LogP contribution >= 0.6 is 11.6 Å². The first-order chi connectivity index (χ1) is 9.51. The molecule has 20 heavy (non-hydrogen) atoms. The lowest BCUT2D eigenvalue weighted by Gasteiger charge is -2.13. The largest absolute Gasteiger partial charge is 0.495 e. The van der Waals surface area contributed by atoms with Crippen molar-refractivity contribution in [3.63, 3.8) is 0 Å². The highest BCUT2D eigenvalue weighted by molar-refractivity contribution is 6.31. The minimum absolute atomic E-state index is 0.154. The van der Waals surface area contributed by atoms with Crippen LogP contribution in [0.3, 0.4) is 0 Å². The zero-order valence-electron chi connectivity index (χ0n) is 11.1. The van der Waals surface area contributed by atoms with E-state index in [1.807, 2.05) is 6.92 Å². The molecule has 0 aliphatic heterocycles. The molecule has 2 nitrogen and oxygen atoms in total. The third-order valence-electron chi connectivity index (χ3n) is 2.96. The molecule has 0 bridgehead atoms. The lowest BCUT2D eigenvalue weighted by molar-refractivity contribution is 0.416. The van der Waals surface area contributed by atoms with Gasteiger partial charge >= 0.3 is 0 Å². The van der Waals surface area contributed by atoms with E-state index in [9.17, 15) is 8.78 Å². The number of anilines is 1. The SMILES string of the molecule is COc1cc(Cl)c(C)cc1NCc1cc(F)ccc1F. The quantitative estimate of drug-likeness (QED) is 0.894. The predicted molar refractivity (Wildman–Crippen MR) is 76.4 cm³/mol. The Kier molecular flexibility index (Phi) is 4.45. The molecule has 2 aromatic carbocycles. The van der Waals surface area contributed by atoms with E-state index in [0.29, 0.717) is 16.5 Å². The van der Waals surface area contributed by atoms with Crippen LogP contribution < -0.4 is 10.1 Å². The second-order valence-electron chi connectivity index (χ2n) is 4.39. The summed E-state index contributed by atoms with van der Waals surface area (Å²) in [6, 6.07) is 6.85. The van der Waals surface area contributed by atoms with Crippen molar-refractivity contribution in [1.29, 1.82) is 0 Å². The minimum Gasteiger partial charge on any atom is -0.495 e. The summed E-state index contributed by atoms with van der Waals surface area (Å²) in [5, 5.41) is 3.61. The lowest BCUT2D eigenvalue weighted by Crippen LogP contribution is -2.04. The Balaban J connectivity index is 2.22. The number of methoxy groups -OCH3 is 1. The number of aryl methyl sites for hydroxylation is 1. The van der Waals surface area contributed by atoms with Crippen molar-refractivity contribution >= 4 is 17.3 Å². The van der Waals surface area contributed by atoms with Gasteiger partial charge in [0, 0.05) is 23.2 Å². The molecule has 5 heteroatoms. The maximum absolute atomic E-state index is 13.5. The molecule has 0 atom stereocenters. The molecule has 0 aromatic heterocycles. The van der Waals surface area contributed by atoms with Crippen molar-refractivity contribution in [2.24, 2.45) is 0 Å². The first kappa shape index (κ1) is 14.6. The Morgan fingerprint density at radius 3 is 2.65 bits per heavy atom. The van der Waals surface area contributed by atoms with Crippen LogP contribution in [0.25, 0.3) is 0 Å². The highest BCUT2D eigenvalue weighted by Gasteiger charge is 2.09. The number of rotatable bonds is 4. The van der Waals surface area contributed by atoms with Gasteiger partial charge in [0.25, 0.3) is 0 Å². The van der Waals surface area contributed by atoms with E-state index < -0.39 is 11.6 Å². The van der Waals surface area contributed by atoms with Crippen molar-refractivity contribution in [2.45, 2.75) is 13.5 Å². The first-order valence-electron chi connectivity index (χ1n) is 6.03. The minimum atomic E-state index is -0.470. The Morgan fingerprint density at radius 1 is 1.20 bits per heavy atom. The van der Waals surface area contributed by atoms with E-state index in [4.69, 9.17) is 16.3 Å². The summed E-state index contributed by atoms with van der Waals surface area (Å²) in [4.78, 5) is 0. The van der Waals surface area contributed by atoms with E-state index in [1.165, 1.54) is 7.11 Å². The Hall–Kier alpha value is -1.81. The summed E-state index contributed by atoms with van der Waals surface area (Å²) in [5.41, 5.74) is 1.80. The average Bonchev–Trinajstić information content (AvgIpc) is 2.43. The van der Waals surface area contributed by atoms with Crippen molar-refractivity contribution in [3.8, 4) is 5.75 Å². The zero-order chi connectivity index (χ0) is 14.7. The first-order valence-corrected chi connectivity index (χ1v) is 6.41. The topological polar surface area (TPSA) is 21.3 Å². The van der Waals surface area contributed by atoms with E-state index in [0.717, 1.165) is 23.8 Å².